The number of rotatable bonds is 1. The smallest absolute Gasteiger partial charge is 0.313 e. The third-order valence-electron chi connectivity index (χ3n) is 3.53. The molecule has 3 atom stereocenters. The van der Waals surface area contributed by atoms with Crippen LogP contribution >= 0.6 is 0 Å². The van der Waals surface area contributed by atoms with Crippen LogP contribution in [-0.4, -0.2) is 25.2 Å². The predicted octanol–water partition coefficient (Wildman–Crippen LogP) is 1.08. The molecule has 2 rings (SSSR count). The maximum Gasteiger partial charge on any atom is 0.313 e. The Balaban J connectivity index is 2.23. The Bertz CT molecular complexity index is 229. The summed E-state index contributed by atoms with van der Waals surface area (Å²) in [6.07, 6.45) is 4.23. The van der Waals surface area contributed by atoms with Crippen LogP contribution in [-0.2, 0) is 9.53 Å². The molecule has 0 aromatic heterocycles. The fourth-order valence-electron chi connectivity index (χ4n) is 3.04. The lowest BCUT2D eigenvalue weighted by atomic mass is 9.81. The molecule has 1 aliphatic carbocycles. The molecule has 2 fully saturated rings. The molecule has 1 aliphatic heterocycles. The summed E-state index contributed by atoms with van der Waals surface area (Å²) in [5.74, 6) is -0.00755. The van der Waals surface area contributed by atoms with Crippen LogP contribution in [0.4, 0.5) is 0 Å². The van der Waals surface area contributed by atoms with Crippen LogP contribution < -0.4 is 5.32 Å². The Hall–Kier alpha value is -0.570. The van der Waals surface area contributed by atoms with Gasteiger partial charge in [-0.15, -0.1) is 0 Å². The second-order valence-corrected chi connectivity index (χ2v) is 4.36. The van der Waals surface area contributed by atoms with Gasteiger partial charge in [0.2, 0.25) is 0 Å². The van der Waals surface area contributed by atoms with Crippen LogP contribution in [0.2, 0.25) is 0 Å². The molecule has 3 nitrogen and oxygen atoms in total. The van der Waals surface area contributed by atoms with Gasteiger partial charge in [-0.2, -0.15) is 0 Å². The van der Waals surface area contributed by atoms with Gasteiger partial charge >= 0.3 is 5.97 Å². The Morgan fingerprint density at radius 1 is 1.62 bits per heavy atom. The summed E-state index contributed by atoms with van der Waals surface area (Å²) in [5, 5.41) is 3.47. The first-order valence-electron chi connectivity index (χ1n) is 5.03. The molecule has 2 aliphatic rings. The zero-order valence-corrected chi connectivity index (χ0v) is 8.30. The quantitative estimate of drug-likeness (QED) is 0.618. The largest absolute Gasteiger partial charge is 0.469 e. The van der Waals surface area contributed by atoms with E-state index in [2.05, 4.69) is 12.2 Å². The van der Waals surface area contributed by atoms with E-state index < -0.39 is 0 Å². The van der Waals surface area contributed by atoms with Gasteiger partial charge in [-0.05, 0) is 26.2 Å². The molecule has 1 N–H and O–H groups in total. The standard InChI is InChI=1S/C10H17NO2/c1-7-6-10(9(12)13-2)5-3-4-8(10)11-7/h7-8,11H,3-6H2,1-2H3/t7-,8+,10-/m1/s1. The van der Waals surface area contributed by atoms with E-state index >= 15 is 0 Å². The zero-order chi connectivity index (χ0) is 9.47. The molecule has 74 valence electrons. The van der Waals surface area contributed by atoms with E-state index in [0.29, 0.717) is 12.1 Å². The number of esters is 1. The van der Waals surface area contributed by atoms with Gasteiger partial charge in [0, 0.05) is 12.1 Å². The van der Waals surface area contributed by atoms with Gasteiger partial charge in [0.05, 0.1) is 12.5 Å². The van der Waals surface area contributed by atoms with Crippen molar-refractivity contribution in [2.75, 3.05) is 7.11 Å². The van der Waals surface area contributed by atoms with Crippen LogP contribution in [0, 0.1) is 5.41 Å². The molecule has 0 aromatic rings. The third kappa shape index (κ3) is 1.17. The number of hydrogen-bond acceptors (Lipinski definition) is 3. The molecule has 1 saturated carbocycles. The van der Waals surface area contributed by atoms with Crippen LogP contribution in [0.15, 0.2) is 0 Å². The van der Waals surface area contributed by atoms with Crippen molar-refractivity contribution in [3.05, 3.63) is 0 Å². The first kappa shape index (κ1) is 9.00. The van der Waals surface area contributed by atoms with Crippen molar-refractivity contribution in [2.24, 2.45) is 5.41 Å². The highest BCUT2D eigenvalue weighted by Crippen LogP contribution is 2.47. The minimum atomic E-state index is -0.186. The molecule has 13 heavy (non-hydrogen) atoms. The van der Waals surface area contributed by atoms with E-state index in [1.54, 1.807) is 0 Å². The van der Waals surface area contributed by atoms with Crippen LogP contribution in [0.25, 0.3) is 0 Å². The van der Waals surface area contributed by atoms with Crippen molar-refractivity contribution in [3.8, 4) is 0 Å². The minimum absolute atomic E-state index is 0.00755. The summed E-state index contributed by atoms with van der Waals surface area (Å²) in [4.78, 5) is 11.7. The number of fused-ring (bicyclic) bond motifs is 1. The highest BCUT2D eigenvalue weighted by molar-refractivity contribution is 5.78. The van der Waals surface area contributed by atoms with Crippen molar-refractivity contribution in [1.29, 1.82) is 0 Å². The molecule has 3 heteroatoms. The first-order valence-corrected chi connectivity index (χ1v) is 5.03. The molecule has 0 unspecified atom stereocenters. The van der Waals surface area contributed by atoms with Crippen LogP contribution in [0.1, 0.15) is 32.6 Å². The van der Waals surface area contributed by atoms with Gasteiger partial charge in [0.15, 0.2) is 0 Å². The molecule has 0 spiro atoms. The lowest BCUT2D eigenvalue weighted by Gasteiger charge is -2.24. The molecule has 1 saturated heterocycles. The van der Waals surface area contributed by atoms with E-state index in [-0.39, 0.29) is 11.4 Å². The van der Waals surface area contributed by atoms with Gasteiger partial charge in [0.1, 0.15) is 0 Å². The maximum absolute atomic E-state index is 11.7. The van der Waals surface area contributed by atoms with Crippen molar-refractivity contribution in [3.63, 3.8) is 0 Å². The van der Waals surface area contributed by atoms with Gasteiger partial charge in [0.25, 0.3) is 0 Å². The van der Waals surface area contributed by atoms with Gasteiger partial charge in [-0.3, -0.25) is 4.79 Å². The summed E-state index contributed by atoms with van der Waals surface area (Å²) < 4.78 is 4.91. The van der Waals surface area contributed by atoms with Crippen molar-refractivity contribution >= 4 is 5.97 Å². The highest BCUT2D eigenvalue weighted by Gasteiger charge is 2.54. The number of hydrogen-bond donors (Lipinski definition) is 1. The molecule has 0 amide bonds. The SMILES string of the molecule is COC(=O)[C@@]12CCC[C@@H]1N[C@H](C)C2. The van der Waals surface area contributed by atoms with Crippen LogP contribution in [0.3, 0.4) is 0 Å². The van der Waals surface area contributed by atoms with E-state index in [4.69, 9.17) is 4.74 Å². The highest BCUT2D eigenvalue weighted by atomic mass is 16.5. The normalized spacial score (nSPS) is 43.2. The minimum Gasteiger partial charge on any atom is -0.469 e. The maximum atomic E-state index is 11.7. The Labute approximate surface area is 78.8 Å². The first-order chi connectivity index (χ1) is 6.19. The number of carbonyl (C=O) groups excluding carboxylic acids is 1. The molecule has 1 heterocycles. The summed E-state index contributed by atoms with van der Waals surface area (Å²) in [5.41, 5.74) is -0.186. The van der Waals surface area contributed by atoms with Crippen LogP contribution in [0.5, 0.6) is 0 Å². The molecule has 0 bridgehead atoms. The number of carbonyl (C=O) groups is 1. The second kappa shape index (κ2) is 2.98. The van der Waals surface area contributed by atoms with E-state index in [9.17, 15) is 4.79 Å². The Kier molecular flexibility index (Phi) is 2.06. The average molecular weight is 183 g/mol. The third-order valence-corrected chi connectivity index (χ3v) is 3.53. The topological polar surface area (TPSA) is 38.3 Å². The molecule has 0 aromatic carbocycles. The second-order valence-electron chi connectivity index (χ2n) is 4.36. The van der Waals surface area contributed by atoms with E-state index in [1.165, 1.54) is 7.11 Å². The predicted molar refractivity (Wildman–Crippen MR) is 49.3 cm³/mol. The Morgan fingerprint density at radius 2 is 2.38 bits per heavy atom. The number of methoxy groups -OCH3 is 1. The summed E-state index contributed by atoms with van der Waals surface area (Å²) in [6.45, 7) is 2.14. The van der Waals surface area contributed by atoms with E-state index in [0.717, 1.165) is 25.7 Å². The molecule has 0 radical (unpaired) electrons. The summed E-state index contributed by atoms with van der Waals surface area (Å²) >= 11 is 0. The summed E-state index contributed by atoms with van der Waals surface area (Å²) in [7, 11) is 1.50. The number of nitrogens with one attached hydrogen (secondary N) is 1. The summed E-state index contributed by atoms with van der Waals surface area (Å²) in [6, 6.07) is 0.833. The fourth-order valence-corrected chi connectivity index (χ4v) is 3.04. The lowest BCUT2D eigenvalue weighted by Crippen LogP contribution is -2.39. The lowest BCUT2D eigenvalue weighted by molar-refractivity contribution is -0.152. The molecular formula is C10H17NO2. The fraction of sp³-hybridized carbons (Fsp3) is 0.900. The monoisotopic (exact) mass is 183 g/mol. The number of ether oxygens (including phenoxy) is 1. The van der Waals surface area contributed by atoms with Crippen molar-refractivity contribution in [1.82, 2.24) is 5.32 Å². The molecular weight excluding hydrogens is 166 g/mol. The van der Waals surface area contributed by atoms with Crippen molar-refractivity contribution in [2.45, 2.75) is 44.7 Å². The van der Waals surface area contributed by atoms with Gasteiger partial charge < -0.3 is 10.1 Å². The van der Waals surface area contributed by atoms with Gasteiger partial charge in [-0.1, -0.05) is 6.42 Å². The zero-order valence-electron chi connectivity index (χ0n) is 8.30. The Morgan fingerprint density at radius 3 is 3.08 bits per heavy atom. The van der Waals surface area contributed by atoms with E-state index in [1.807, 2.05) is 0 Å². The average Bonchev–Trinajstić information content (AvgIpc) is 2.59. The van der Waals surface area contributed by atoms with Crippen molar-refractivity contribution < 1.29 is 9.53 Å². The van der Waals surface area contributed by atoms with Gasteiger partial charge in [-0.25, -0.2) is 0 Å².